The highest BCUT2D eigenvalue weighted by atomic mass is 32.1. The molecule has 3 aliphatic carbocycles. The predicted octanol–water partition coefficient (Wildman–Crippen LogP) is 8.31. The van der Waals surface area contributed by atoms with Gasteiger partial charge in [-0.2, -0.15) is 0 Å². The Kier molecular flexibility index (Phi) is 5.99. The lowest BCUT2D eigenvalue weighted by Gasteiger charge is -2.64. The Labute approximate surface area is 268 Å². The molecule has 1 fully saturated rings. The highest BCUT2D eigenvalue weighted by Crippen LogP contribution is 2.66. The van der Waals surface area contributed by atoms with Crippen LogP contribution >= 0.6 is 22.7 Å². The van der Waals surface area contributed by atoms with Gasteiger partial charge in [-0.25, -0.2) is 9.78 Å². The zero-order valence-corrected chi connectivity index (χ0v) is 29.7. The fourth-order valence-electron chi connectivity index (χ4n) is 8.52. The van der Waals surface area contributed by atoms with Crippen molar-refractivity contribution in [2.24, 2.45) is 33.5 Å². The smallest absolute Gasteiger partial charge is 0.195 e. The van der Waals surface area contributed by atoms with Gasteiger partial charge in [0.1, 0.15) is 0 Å². The first-order valence-electron chi connectivity index (χ1n) is 15.7. The molecule has 232 valence electrons. The van der Waals surface area contributed by atoms with Gasteiger partial charge in [-0.15, -0.1) is 22.7 Å². The molecule has 4 nitrogen and oxygen atoms in total. The predicted molar refractivity (Wildman–Crippen MR) is 182 cm³/mol. The molecular formula is C38H44O4S2. The number of ketones is 2. The van der Waals surface area contributed by atoms with Gasteiger partial charge in [0.25, 0.3) is 0 Å². The third-order valence-electron chi connectivity index (χ3n) is 10.7. The number of carbonyl (C=O) groups is 2. The maximum Gasteiger partial charge on any atom is 0.195 e. The Hall–Kier alpha value is -2.38. The summed E-state index contributed by atoms with van der Waals surface area (Å²) in [7, 11) is 0. The fraction of sp³-hybridized carbons (Fsp3) is 0.526. The number of Topliss-reactive ketones (excluding diaryl/α,β-unsaturated/α-hetero) is 2. The largest absolute Gasteiger partial charge is 0.291 e. The number of fused-ring (bicyclic) bond motifs is 6. The molecule has 2 aromatic heterocycles. The van der Waals surface area contributed by atoms with E-state index in [9.17, 15) is 0 Å². The molecule has 0 spiro atoms. The van der Waals surface area contributed by atoms with E-state index in [4.69, 9.17) is 9.78 Å². The van der Waals surface area contributed by atoms with Crippen LogP contribution < -0.4 is 10.4 Å². The first kappa shape index (κ1) is 30.3. The van der Waals surface area contributed by atoms with Gasteiger partial charge in [0.05, 0.1) is 0 Å². The van der Waals surface area contributed by atoms with Gasteiger partial charge in [0.2, 0.25) is 0 Å². The average Bonchev–Trinajstić information content (AvgIpc) is 3.55. The van der Waals surface area contributed by atoms with Crippen LogP contribution in [0.3, 0.4) is 0 Å². The van der Waals surface area contributed by atoms with Gasteiger partial charge < -0.3 is 0 Å². The minimum atomic E-state index is -1.33. The number of hydrogen-bond acceptors (Lipinski definition) is 6. The van der Waals surface area contributed by atoms with Gasteiger partial charge in [0, 0.05) is 64.4 Å². The fourth-order valence-corrected chi connectivity index (χ4v) is 10.5. The average molecular weight is 629 g/mol. The Bertz CT molecular complexity index is 1860. The molecule has 0 unspecified atom stereocenters. The van der Waals surface area contributed by atoms with Gasteiger partial charge in [-0.1, -0.05) is 95.2 Å². The molecule has 3 heterocycles. The lowest BCUT2D eigenvalue weighted by molar-refractivity contribution is -0.464. The van der Waals surface area contributed by atoms with Crippen LogP contribution in [-0.4, -0.2) is 22.8 Å². The van der Waals surface area contributed by atoms with Gasteiger partial charge in [0.15, 0.2) is 22.8 Å². The lowest BCUT2D eigenvalue weighted by Crippen LogP contribution is -2.76. The Morgan fingerprint density at radius 3 is 1.23 bits per heavy atom. The summed E-state index contributed by atoms with van der Waals surface area (Å²) >= 11 is 3.52. The molecular weight excluding hydrogens is 585 g/mol. The summed E-state index contributed by atoms with van der Waals surface area (Å²) in [4.78, 5) is 43.7. The number of thiophene rings is 2. The van der Waals surface area contributed by atoms with Crippen LogP contribution in [0.2, 0.25) is 0 Å². The van der Waals surface area contributed by atoms with Crippen molar-refractivity contribution in [1.29, 1.82) is 0 Å². The monoisotopic (exact) mass is 628 g/mol. The molecule has 7 rings (SSSR count). The SMILES string of the molecule is CC(C)(C)C1=CC2=c3c(c4sccc4c4ccsc34)=C3C=C(C(C)(C)C)C(=O)[C@]4(C(C)(C)C)OO[C@@](C(C)(C)C)(C1=O)[C@@H]2[C@H]34. The number of allylic oxidation sites excluding steroid dienone is 2. The molecule has 0 N–H and O–H groups in total. The number of benzene rings is 1. The van der Waals surface area contributed by atoms with E-state index in [1.807, 2.05) is 0 Å². The van der Waals surface area contributed by atoms with E-state index in [-0.39, 0.29) is 11.6 Å². The molecule has 3 aromatic rings. The molecule has 0 amide bonds. The summed E-state index contributed by atoms with van der Waals surface area (Å²) in [5, 5.41) is 9.22. The summed E-state index contributed by atoms with van der Waals surface area (Å²) in [5.41, 5.74) is -1.11. The number of hydrogen-bond donors (Lipinski definition) is 0. The van der Waals surface area contributed by atoms with Crippen molar-refractivity contribution < 1.29 is 19.4 Å². The van der Waals surface area contributed by atoms with E-state index in [1.54, 1.807) is 22.7 Å². The topological polar surface area (TPSA) is 52.6 Å². The maximum absolute atomic E-state index is 15.1. The number of carbonyl (C=O) groups excluding carboxylic acids is 2. The highest BCUT2D eigenvalue weighted by Gasteiger charge is 2.75. The van der Waals surface area contributed by atoms with E-state index in [0.717, 1.165) is 22.3 Å². The molecule has 4 atom stereocenters. The zero-order valence-electron chi connectivity index (χ0n) is 28.1. The molecule has 0 saturated carbocycles. The molecule has 1 aromatic carbocycles. The van der Waals surface area contributed by atoms with Crippen LogP contribution in [0.5, 0.6) is 0 Å². The first-order chi connectivity index (χ1) is 20.2. The van der Waals surface area contributed by atoms with Crippen LogP contribution in [0.15, 0.2) is 46.2 Å². The Balaban J connectivity index is 1.85. The third-order valence-corrected chi connectivity index (χ3v) is 12.6. The normalized spacial score (nSPS) is 29.2. The van der Waals surface area contributed by atoms with Gasteiger partial charge >= 0.3 is 0 Å². The van der Waals surface area contributed by atoms with Gasteiger partial charge in [-0.3, -0.25) is 9.59 Å². The van der Waals surface area contributed by atoms with Crippen LogP contribution in [0, 0.1) is 33.5 Å². The van der Waals surface area contributed by atoms with Crippen molar-refractivity contribution >= 4 is 65.6 Å². The summed E-state index contributed by atoms with van der Waals surface area (Å²) in [5.74, 6) is -0.898. The Morgan fingerprint density at radius 1 is 0.591 bits per heavy atom. The summed E-state index contributed by atoms with van der Waals surface area (Å²) in [6, 6.07) is 4.46. The minimum absolute atomic E-state index is 0.0331. The molecule has 0 radical (unpaired) electrons. The molecule has 6 heteroatoms. The van der Waals surface area contributed by atoms with Crippen molar-refractivity contribution in [3.63, 3.8) is 0 Å². The van der Waals surface area contributed by atoms with Crippen molar-refractivity contribution in [1.82, 2.24) is 0 Å². The second-order valence-corrected chi connectivity index (χ2v) is 19.2. The lowest BCUT2D eigenvalue weighted by atomic mass is 9.45. The van der Waals surface area contributed by atoms with E-state index in [1.165, 1.54) is 30.6 Å². The molecule has 1 saturated heterocycles. The summed E-state index contributed by atoms with van der Waals surface area (Å²) in [6.07, 6.45) is 4.36. The number of rotatable bonds is 0. The van der Waals surface area contributed by atoms with E-state index >= 15 is 9.59 Å². The molecule has 0 bridgehead atoms. The molecule has 44 heavy (non-hydrogen) atoms. The maximum atomic E-state index is 15.1. The van der Waals surface area contributed by atoms with E-state index in [2.05, 4.69) is 118 Å². The second kappa shape index (κ2) is 8.70. The third kappa shape index (κ3) is 3.46. The van der Waals surface area contributed by atoms with Crippen LogP contribution in [-0.2, 0) is 19.4 Å². The van der Waals surface area contributed by atoms with Crippen LogP contribution in [0.4, 0.5) is 0 Å². The van der Waals surface area contributed by atoms with Crippen molar-refractivity contribution in [3.8, 4) is 0 Å². The van der Waals surface area contributed by atoms with E-state index in [0.29, 0.717) is 0 Å². The Morgan fingerprint density at radius 2 is 0.932 bits per heavy atom. The minimum Gasteiger partial charge on any atom is -0.291 e. The quantitative estimate of drug-likeness (QED) is 0.235. The zero-order chi connectivity index (χ0) is 32.2. The van der Waals surface area contributed by atoms with Crippen LogP contribution in [0.1, 0.15) is 83.1 Å². The summed E-state index contributed by atoms with van der Waals surface area (Å²) in [6.45, 7) is 25.1. The van der Waals surface area contributed by atoms with Gasteiger partial charge in [-0.05, 0) is 44.9 Å². The van der Waals surface area contributed by atoms with Crippen molar-refractivity contribution in [3.05, 3.63) is 56.6 Å². The highest BCUT2D eigenvalue weighted by molar-refractivity contribution is 7.19. The molecule has 4 aliphatic rings. The second-order valence-electron chi connectivity index (χ2n) is 17.4. The van der Waals surface area contributed by atoms with Crippen molar-refractivity contribution in [2.45, 2.75) is 94.3 Å². The van der Waals surface area contributed by atoms with E-state index < -0.39 is 44.7 Å². The molecule has 1 aliphatic heterocycles. The first-order valence-corrected chi connectivity index (χ1v) is 17.5. The standard InChI is InChI=1S/C38H44O4S2/c1-33(2,3)23-17-21-25-26(30-20(14-16-44-30)19-13-15-43-29(19)25)22-18-24(34(4,5)6)32(40)38(36(10,11)12)28(22)27(21)37(31(23)39,41-42-38)35(7,8)9/h13-18,27-28H,1-12H3/t27-,28-,37+,38+/m0/s1. The summed E-state index contributed by atoms with van der Waals surface area (Å²) < 4.78 is 2.45. The van der Waals surface area contributed by atoms with Crippen LogP contribution in [0.25, 0.3) is 31.3 Å². The van der Waals surface area contributed by atoms with Crippen molar-refractivity contribution in [2.75, 3.05) is 0 Å².